The highest BCUT2D eigenvalue weighted by atomic mass is 79.9. The van der Waals surface area contributed by atoms with Gasteiger partial charge in [0.1, 0.15) is 11.6 Å². The van der Waals surface area contributed by atoms with Crippen molar-refractivity contribution in [2.75, 3.05) is 0 Å². The number of aliphatic hydroxyl groups excluding tert-OH is 2. The van der Waals surface area contributed by atoms with Gasteiger partial charge in [-0.3, -0.25) is 0 Å². The molecule has 2 N–H and O–H groups in total. The van der Waals surface area contributed by atoms with Crippen molar-refractivity contribution in [3.8, 4) is 22.5 Å². The fraction of sp³-hybridized carbons (Fsp3) is 0.232. The Balaban J connectivity index is 0.000000272. The van der Waals surface area contributed by atoms with E-state index in [0.717, 1.165) is 49.0 Å². The van der Waals surface area contributed by atoms with Gasteiger partial charge in [0.2, 0.25) is 5.82 Å². The predicted octanol–water partition coefficient (Wildman–Crippen LogP) is 12.8. The van der Waals surface area contributed by atoms with Crippen molar-refractivity contribution in [3.05, 3.63) is 229 Å². The first-order valence-electron chi connectivity index (χ1n) is 25.8. The Morgan fingerprint density at radius 2 is 0.986 bits per heavy atom. The van der Waals surface area contributed by atoms with E-state index in [1.807, 2.05) is 141 Å². The van der Waals surface area contributed by atoms with Crippen molar-refractivity contribution in [2.45, 2.75) is 84.1 Å². The molecular formula is C56H55BrCl2N8O2. The summed E-state index contributed by atoms with van der Waals surface area (Å²) >= 11 is 15.8. The monoisotopic (exact) mass is 1030 g/mol. The molecule has 2 atom stereocenters. The number of halogens is 3. The van der Waals surface area contributed by atoms with Crippen molar-refractivity contribution in [1.29, 1.82) is 0 Å². The van der Waals surface area contributed by atoms with Crippen molar-refractivity contribution < 1.29 is 18.4 Å². The molecule has 0 fully saturated rings. The van der Waals surface area contributed by atoms with E-state index in [1.54, 1.807) is 4.80 Å². The van der Waals surface area contributed by atoms with Crippen molar-refractivity contribution in [1.82, 2.24) is 39.3 Å². The molecule has 10 nitrogen and oxygen atoms in total. The molecule has 0 aliphatic rings. The van der Waals surface area contributed by atoms with Crippen LogP contribution in [0.2, 0.25) is 10.3 Å². The molecule has 0 aliphatic heterocycles. The lowest BCUT2D eigenvalue weighted by atomic mass is 9.77. The first-order chi connectivity index (χ1) is 36.0. The van der Waals surface area contributed by atoms with Gasteiger partial charge in [0.15, 0.2) is 15.8 Å². The molecule has 6 aromatic carbocycles. The van der Waals surface area contributed by atoms with Crippen LogP contribution in [0.5, 0.6) is 0 Å². The summed E-state index contributed by atoms with van der Waals surface area (Å²) in [5.41, 5.74) is 6.62. The molecular weight excluding hydrogens is 967 g/mol. The molecule has 9 rings (SSSR count). The molecule has 0 radical (unpaired) electrons. The topological polar surface area (TPSA) is 120 Å². The minimum atomic E-state index is -1.78. The standard InChI is InChI=1S/C41H37ClN6O.C15H18BrClN2O/c1-2-3-23-38-43-39(42)37(29-49)47(38)28-30-24-26-31(27-25-30)35-21-13-14-22-36(35)40-44-46-48(45-40)41(32-15-7-4-8-16-32,33-17-9-5-10-18-33)34-19-11-6-12-20-34;1-2-3-4-14-18-15(17)13(10-20)19(14)9-11-5-7-12(16)8-6-11/h4-22,24-27,49H,2-3,23,28-29H2,1H3;5-8,20H,2-4,9-10H2,1H3/i23D2,29D;4D2,10D. The van der Waals surface area contributed by atoms with Crippen LogP contribution in [0.3, 0.4) is 0 Å². The summed E-state index contributed by atoms with van der Waals surface area (Å²) in [5.74, 6) is 0.715. The van der Waals surface area contributed by atoms with E-state index in [2.05, 4.69) is 67.4 Å². The number of tetrazole rings is 1. The van der Waals surface area contributed by atoms with E-state index in [9.17, 15) is 10.2 Å². The van der Waals surface area contributed by atoms with Crippen LogP contribution in [0, 0.1) is 0 Å². The quantitative estimate of drug-likeness (QED) is 0.0822. The van der Waals surface area contributed by atoms with E-state index in [0.29, 0.717) is 18.7 Å². The third-order valence-corrected chi connectivity index (χ3v) is 12.6. The van der Waals surface area contributed by atoms with Crippen LogP contribution in [0.4, 0.5) is 0 Å². The lowest BCUT2D eigenvalue weighted by Gasteiger charge is -2.34. The Morgan fingerprint density at radius 3 is 1.42 bits per heavy atom. The van der Waals surface area contributed by atoms with Gasteiger partial charge in [-0.1, -0.05) is 217 Å². The van der Waals surface area contributed by atoms with Crippen LogP contribution in [0.15, 0.2) is 168 Å². The molecule has 0 saturated heterocycles. The van der Waals surface area contributed by atoms with Gasteiger partial charge in [0.25, 0.3) is 0 Å². The molecule has 0 saturated carbocycles. The van der Waals surface area contributed by atoms with Crippen LogP contribution in [-0.4, -0.2) is 49.5 Å². The van der Waals surface area contributed by atoms with Crippen molar-refractivity contribution in [2.24, 2.45) is 0 Å². The second kappa shape index (κ2) is 23.4. The van der Waals surface area contributed by atoms with Crippen LogP contribution in [0.1, 0.15) is 98.6 Å². The smallest absolute Gasteiger partial charge is 0.205 e. The van der Waals surface area contributed by atoms with E-state index >= 15 is 0 Å². The second-order valence-electron chi connectivity index (χ2n) is 16.1. The zero-order valence-corrected chi connectivity index (χ0v) is 41.2. The maximum absolute atomic E-state index is 10.2. The number of rotatable bonds is 18. The highest BCUT2D eigenvalue weighted by molar-refractivity contribution is 9.10. The van der Waals surface area contributed by atoms with Gasteiger partial charge in [-0.25, -0.2) is 9.97 Å². The van der Waals surface area contributed by atoms with Crippen molar-refractivity contribution in [3.63, 3.8) is 0 Å². The van der Waals surface area contributed by atoms with Gasteiger partial charge >= 0.3 is 0 Å². The summed E-state index contributed by atoms with van der Waals surface area (Å²) in [4.78, 5) is 10.1. The minimum Gasteiger partial charge on any atom is -0.390 e. The molecule has 2 unspecified atom stereocenters. The third kappa shape index (κ3) is 11.0. The number of aliphatic hydroxyl groups is 2. The summed E-state index contributed by atoms with van der Waals surface area (Å²) in [7, 11) is 0. The average Bonchev–Trinajstić information content (AvgIpc) is 4.14. The Bertz CT molecular complexity index is 3210. The summed E-state index contributed by atoms with van der Waals surface area (Å²) in [6.07, 6.45) is -1.71. The highest BCUT2D eigenvalue weighted by Crippen LogP contribution is 2.40. The number of benzene rings is 6. The summed E-state index contributed by atoms with van der Waals surface area (Å²) in [6.45, 7) is 1.02. The van der Waals surface area contributed by atoms with E-state index < -0.39 is 31.5 Å². The molecule has 69 heavy (non-hydrogen) atoms. The van der Waals surface area contributed by atoms with E-state index in [1.165, 1.54) is 9.13 Å². The molecule has 3 aromatic heterocycles. The van der Waals surface area contributed by atoms with Crippen molar-refractivity contribution >= 4 is 39.1 Å². The average molecular weight is 1030 g/mol. The zero-order chi connectivity index (χ0) is 53.5. The van der Waals surface area contributed by atoms with Gasteiger partial charge in [-0.15, -0.1) is 15.0 Å². The van der Waals surface area contributed by atoms with Gasteiger partial charge in [0.05, 0.1) is 27.3 Å². The molecule has 0 bridgehead atoms. The molecule has 0 spiro atoms. The number of aromatic nitrogens is 8. The number of aryl methyl sites for hydroxylation is 2. The molecule has 0 amide bonds. The third-order valence-electron chi connectivity index (χ3n) is 11.6. The molecule has 9 aromatic rings. The number of hydrogen-bond acceptors (Lipinski definition) is 7. The molecule has 3 heterocycles. The lowest BCUT2D eigenvalue weighted by Crippen LogP contribution is -2.39. The maximum atomic E-state index is 10.2. The van der Waals surface area contributed by atoms with Crippen LogP contribution >= 0.6 is 39.1 Å². The highest BCUT2D eigenvalue weighted by Gasteiger charge is 2.41. The van der Waals surface area contributed by atoms with Crippen LogP contribution in [0.25, 0.3) is 22.5 Å². The summed E-state index contributed by atoms with van der Waals surface area (Å²) < 4.78 is 53.3. The molecule has 13 heteroatoms. The predicted molar refractivity (Wildman–Crippen MR) is 279 cm³/mol. The first-order valence-corrected chi connectivity index (χ1v) is 24.2. The van der Waals surface area contributed by atoms with Crippen LogP contribution in [-0.2, 0) is 44.5 Å². The normalized spacial score (nSPS) is 14.0. The fourth-order valence-electron chi connectivity index (χ4n) is 8.20. The van der Waals surface area contributed by atoms with Gasteiger partial charge < -0.3 is 19.3 Å². The first kappa shape index (κ1) is 41.7. The molecule has 0 aliphatic carbocycles. The SMILES string of the molecule is [2H]C(O)c1c(Cl)nc(C([2H])([2H])CCC)n1Cc1ccc(-c2ccccc2-c2nnn(C(c3ccccc3)(c3ccccc3)c3ccccc3)n2)cc1.[2H]C(O)c1c(Cl)nc(C([2H])([2H])CCC)n1Cc1ccc(Br)cc1. The zero-order valence-electron chi connectivity index (χ0n) is 44.1. The second-order valence-corrected chi connectivity index (χ2v) is 17.7. The Hall–Kier alpha value is -6.21. The Labute approximate surface area is 430 Å². The number of nitrogens with zero attached hydrogens (tertiary/aromatic N) is 8. The van der Waals surface area contributed by atoms with Crippen LogP contribution < -0.4 is 0 Å². The number of hydrogen-bond donors (Lipinski definition) is 2. The van der Waals surface area contributed by atoms with Gasteiger partial charge in [0, 0.05) is 41.4 Å². The largest absolute Gasteiger partial charge is 0.390 e. The Morgan fingerprint density at radius 1 is 0.565 bits per heavy atom. The number of imidazole rings is 2. The summed E-state index contributed by atoms with van der Waals surface area (Å²) in [6, 6.07) is 53.9. The maximum Gasteiger partial charge on any atom is 0.205 e. The van der Waals surface area contributed by atoms with Gasteiger partial charge in [-0.2, -0.15) is 0 Å². The fourth-order valence-corrected chi connectivity index (χ4v) is 8.93. The van der Waals surface area contributed by atoms with E-state index in [-0.39, 0.29) is 59.3 Å². The summed E-state index contributed by atoms with van der Waals surface area (Å²) in [5, 5.41) is 34.3. The minimum absolute atomic E-state index is 0.0282. The van der Waals surface area contributed by atoms with Gasteiger partial charge in [-0.05, 0) is 69.1 Å². The lowest BCUT2D eigenvalue weighted by molar-refractivity contribution is 0.271. The molecule has 352 valence electrons. The Kier molecular flexibility index (Phi) is 14.2. The van der Waals surface area contributed by atoms with E-state index in [4.69, 9.17) is 41.7 Å².